The Balaban J connectivity index is 1.68. The number of rotatable bonds is 6. The van der Waals surface area contributed by atoms with Crippen molar-refractivity contribution in [2.45, 2.75) is 33.2 Å². The summed E-state index contributed by atoms with van der Waals surface area (Å²) in [5.41, 5.74) is 2.65. The molecule has 2 aromatic carbocycles. The Morgan fingerprint density at radius 1 is 1.11 bits per heavy atom. The molecule has 0 saturated heterocycles. The van der Waals surface area contributed by atoms with Crippen LogP contribution in [0.5, 0.6) is 0 Å². The predicted molar refractivity (Wildman–Crippen MR) is 106 cm³/mol. The van der Waals surface area contributed by atoms with Gasteiger partial charge in [0, 0.05) is 35.2 Å². The Morgan fingerprint density at radius 3 is 2.41 bits per heavy atom. The van der Waals surface area contributed by atoms with E-state index in [1.807, 2.05) is 62.1 Å². The highest BCUT2D eigenvalue weighted by atomic mass is 35.5. The monoisotopic (exact) mass is 383 g/mol. The lowest BCUT2D eigenvalue weighted by Gasteiger charge is -2.26. The van der Waals surface area contributed by atoms with Gasteiger partial charge in [0.2, 0.25) is 11.7 Å². The van der Waals surface area contributed by atoms with Gasteiger partial charge in [-0.25, -0.2) is 0 Å². The largest absolute Gasteiger partial charge is 0.339 e. The summed E-state index contributed by atoms with van der Waals surface area (Å²) >= 11 is 5.91. The van der Waals surface area contributed by atoms with E-state index in [0.717, 1.165) is 11.1 Å². The number of carbonyl (C=O) groups excluding carboxylic acids is 1. The molecule has 5 nitrogen and oxygen atoms in total. The van der Waals surface area contributed by atoms with Crippen molar-refractivity contribution >= 4 is 17.5 Å². The first-order chi connectivity index (χ1) is 12.9. The predicted octanol–water partition coefficient (Wildman–Crippen LogP) is 4.79. The lowest BCUT2D eigenvalue weighted by Crippen LogP contribution is -2.38. The second kappa shape index (κ2) is 8.35. The zero-order valence-corrected chi connectivity index (χ0v) is 16.4. The number of aryl methyl sites for hydroxylation is 1. The Bertz CT molecular complexity index is 902. The molecule has 0 atom stereocenters. The van der Waals surface area contributed by atoms with E-state index in [4.69, 9.17) is 16.1 Å². The molecule has 1 aromatic heterocycles. The minimum atomic E-state index is 0.00226. The van der Waals surface area contributed by atoms with Crippen molar-refractivity contribution in [1.82, 2.24) is 15.0 Å². The first-order valence-corrected chi connectivity index (χ1v) is 9.28. The minimum absolute atomic E-state index is 0.00226. The number of amides is 1. The molecule has 140 valence electrons. The second-order valence-corrected chi connectivity index (χ2v) is 7.16. The average molecular weight is 384 g/mol. The van der Waals surface area contributed by atoms with Crippen LogP contribution in [-0.4, -0.2) is 33.5 Å². The Morgan fingerprint density at radius 2 is 1.78 bits per heavy atom. The molecule has 3 aromatic rings. The van der Waals surface area contributed by atoms with Crippen molar-refractivity contribution < 1.29 is 9.32 Å². The first kappa shape index (κ1) is 19.1. The van der Waals surface area contributed by atoms with Crippen molar-refractivity contribution in [3.8, 4) is 11.4 Å². The number of hydrogen-bond acceptors (Lipinski definition) is 4. The van der Waals surface area contributed by atoms with Crippen LogP contribution in [0.1, 0.15) is 35.7 Å². The molecule has 1 amide bonds. The fourth-order valence-electron chi connectivity index (χ4n) is 2.74. The van der Waals surface area contributed by atoms with Crippen molar-refractivity contribution in [1.29, 1.82) is 0 Å². The van der Waals surface area contributed by atoms with Gasteiger partial charge in [0.05, 0.1) is 0 Å². The van der Waals surface area contributed by atoms with Crippen molar-refractivity contribution in [2.75, 3.05) is 6.54 Å². The molecule has 0 saturated carbocycles. The molecule has 0 aliphatic carbocycles. The first-order valence-electron chi connectivity index (χ1n) is 8.90. The van der Waals surface area contributed by atoms with Crippen molar-refractivity contribution in [3.63, 3.8) is 0 Å². The van der Waals surface area contributed by atoms with Crippen LogP contribution in [0.4, 0.5) is 0 Å². The normalized spacial score (nSPS) is 11.0. The van der Waals surface area contributed by atoms with E-state index in [-0.39, 0.29) is 11.9 Å². The van der Waals surface area contributed by atoms with Crippen LogP contribution in [0.15, 0.2) is 53.1 Å². The number of nitrogens with zero attached hydrogens (tertiary/aromatic N) is 3. The highest BCUT2D eigenvalue weighted by molar-refractivity contribution is 6.30. The topological polar surface area (TPSA) is 59.2 Å². The molecule has 0 unspecified atom stereocenters. The summed E-state index contributed by atoms with van der Waals surface area (Å²) in [6.07, 6.45) is 0.496. The molecule has 0 N–H and O–H groups in total. The molecular weight excluding hydrogens is 362 g/mol. The molecule has 0 spiro atoms. The molecule has 0 fully saturated rings. The molecule has 6 heteroatoms. The van der Waals surface area contributed by atoms with Gasteiger partial charge in [0.1, 0.15) is 0 Å². The summed E-state index contributed by atoms with van der Waals surface area (Å²) in [5.74, 6) is 1.02. The maximum absolute atomic E-state index is 12.8. The van der Waals surface area contributed by atoms with Crippen LogP contribution in [0.25, 0.3) is 11.4 Å². The number of aromatic nitrogens is 2. The number of hydrogen-bond donors (Lipinski definition) is 0. The molecule has 1 heterocycles. The fraction of sp³-hybridized carbons (Fsp3) is 0.286. The lowest BCUT2D eigenvalue weighted by molar-refractivity contribution is 0.0704. The quantitative estimate of drug-likeness (QED) is 0.614. The average Bonchev–Trinajstić information content (AvgIpc) is 3.11. The lowest BCUT2D eigenvalue weighted by atomic mass is 10.1. The smallest absolute Gasteiger partial charge is 0.254 e. The van der Waals surface area contributed by atoms with Crippen LogP contribution in [-0.2, 0) is 6.42 Å². The number of halogens is 1. The van der Waals surface area contributed by atoms with Crippen molar-refractivity contribution in [3.05, 3.63) is 70.6 Å². The van der Waals surface area contributed by atoms with Crippen LogP contribution in [0.2, 0.25) is 5.02 Å². The zero-order valence-electron chi connectivity index (χ0n) is 15.6. The van der Waals surface area contributed by atoms with Gasteiger partial charge in [-0.05, 0) is 57.2 Å². The molecule has 3 rings (SSSR count). The third kappa shape index (κ3) is 4.74. The number of carbonyl (C=O) groups is 1. The number of benzene rings is 2. The molecule has 0 radical (unpaired) electrons. The summed E-state index contributed by atoms with van der Waals surface area (Å²) < 4.78 is 5.35. The SMILES string of the molecule is Cc1ccc(C(=O)N(CCc2nc(-c3ccc(Cl)cc3)no2)C(C)C)cc1. The van der Waals surface area contributed by atoms with E-state index in [9.17, 15) is 4.79 Å². The van der Waals surface area contributed by atoms with Crippen LogP contribution in [0.3, 0.4) is 0 Å². The van der Waals surface area contributed by atoms with E-state index >= 15 is 0 Å². The van der Waals surface area contributed by atoms with Gasteiger partial charge in [-0.15, -0.1) is 0 Å². The Hall–Kier alpha value is -2.66. The Labute approximate surface area is 164 Å². The molecule has 27 heavy (non-hydrogen) atoms. The maximum Gasteiger partial charge on any atom is 0.254 e. The highest BCUT2D eigenvalue weighted by Crippen LogP contribution is 2.19. The van der Waals surface area contributed by atoms with E-state index in [1.54, 1.807) is 12.1 Å². The van der Waals surface area contributed by atoms with Gasteiger partial charge in [-0.3, -0.25) is 4.79 Å². The summed E-state index contributed by atoms with van der Waals surface area (Å²) in [4.78, 5) is 19.1. The van der Waals surface area contributed by atoms with Crippen molar-refractivity contribution in [2.24, 2.45) is 0 Å². The van der Waals surface area contributed by atoms with E-state index in [0.29, 0.717) is 35.3 Å². The fourth-order valence-corrected chi connectivity index (χ4v) is 2.87. The van der Waals surface area contributed by atoms with Gasteiger partial charge < -0.3 is 9.42 Å². The molecular formula is C21H22ClN3O2. The van der Waals surface area contributed by atoms with E-state index in [1.165, 1.54) is 0 Å². The highest BCUT2D eigenvalue weighted by Gasteiger charge is 2.20. The van der Waals surface area contributed by atoms with Crippen LogP contribution in [0, 0.1) is 6.92 Å². The summed E-state index contributed by atoms with van der Waals surface area (Å²) in [5, 5.41) is 4.68. The third-order valence-corrected chi connectivity index (χ3v) is 4.57. The van der Waals surface area contributed by atoms with Crippen LogP contribution >= 0.6 is 11.6 Å². The van der Waals surface area contributed by atoms with E-state index < -0.39 is 0 Å². The molecule has 0 aliphatic heterocycles. The second-order valence-electron chi connectivity index (χ2n) is 6.73. The van der Waals surface area contributed by atoms with Gasteiger partial charge >= 0.3 is 0 Å². The van der Waals surface area contributed by atoms with E-state index in [2.05, 4.69) is 10.1 Å². The third-order valence-electron chi connectivity index (χ3n) is 4.32. The summed E-state index contributed by atoms with van der Waals surface area (Å²) in [6, 6.07) is 14.9. The Kier molecular flexibility index (Phi) is 5.91. The summed E-state index contributed by atoms with van der Waals surface area (Å²) in [6.45, 7) is 6.51. The summed E-state index contributed by atoms with van der Waals surface area (Å²) in [7, 11) is 0. The standard InChI is InChI=1S/C21H22ClN3O2/c1-14(2)25(21(26)17-6-4-15(3)5-7-17)13-12-19-23-20(24-27-19)16-8-10-18(22)11-9-16/h4-11,14H,12-13H2,1-3H3. The van der Waals surface area contributed by atoms with Gasteiger partial charge in [0.25, 0.3) is 5.91 Å². The van der Waals surface area contributed by atoms with Gasteiger partial charge in [0.15, 0.2) is 0 Å². The maximum atomic E-state index is 12.8. The molecule has 0 aliphatic rings. The van der Waals surface area contributed by atoms with Gasteiger partial charge in [-0.2, -0.15) is 4.98 Å². The molecule has 0 bridgehead atoms. The van der Waals surface area contributed by atoms with Crippen LogP contribution < -0.4 is 0 Å². The van der Waals surface area contributed by atoms with Gasteiger partial charge in [-0.1, -0.05) is 34.5 Å². The minimum Gasteiger partial charge on any atom is -0.339 e. The zero-order chi connectivity index (χ0) is 19.4.